The average molecular weight is 290 g/mol. The van der Waals surface area contributed by atoms with Gasteiger partial charge < -0.3 is 15.4 Å². The van der Waals surface area contributed by atoms with Gasteiger partial charge in [0.05, 0.1) is 12.2 Å². The van der Waals surface area contributed by atoms with Crippen LogP contribution in [0.2, 0.25) is 0 Å². The number of amides is 2. The van der Waals surface area contributed by atoms with Gasteiger partial charge >= 0.3 is 5.97 Å². The van der Waals surface area contributed by atoms with Crippen molar-refractivity contribution in [3.8, 4) is 0 Å². The zero-order chi connectivity index (χ0) is 15.4. The van der Waals surface area contributed by atoms with Crippen molar-refractivity contribution < 1.29 is 19.1 Å². The second-order valence-corrected chi connectivity index (χ2v) is 5.20. The molecule has 1 aromatic rings. The summed E-state index contributed by atoms with van der Waals surface area (Å²) in [7, 11) is 0. The third-order valence-electron chi connectivity index (χ3n) is 2.96. The van der Waals surface area contributed by atoms with E-state index in [1.807, 2.05) is 0 Å². The van der Waals surface area contributed by atoms with Crippen molar-refractivity contribution in [2.24, 2.45) is 5.92 Å². The highest BCUT2D eigenvalue weighted by molar-refractivity contribution is 5.97. The topological polar surface area (TPSA) is 84.5 Å². The molecule has 112 valence electrons. The van der Waals surface area contributed by atoms with E-state index in [1.54, 1.807) is 6.07 Å². The van der Waals surface area contributed by atoms with Gasteiger partial charge in [-0.1, -0.05) is 0 Å². The van der Waals surface area contributed by atoms with Crippen LogP contribution in [0.5, 0.6) is 0 Å². The molecule has 6 heteroatoms. The minimum Gasteiger partial charge on any atom is -0.462 e. The number of esters is 1. The Bertz CT molecular complexity index is 545. The third kappa shape index (κ3) is 4.91. The molecule has 1 saturated carbocycles. The van der Waals surface area contributed by atoms with Crippen LogP contribution < -0.4 is 10.6 Å². The molecule has 0 radical (unpaired) electrons. The number of carbonyl (C=O) groups is 3. The van der Waals surface area contributed by atoms with Gasteiger partial charge in [0.15, 0.2) is 0 Å². The Balaban J connectivity index is 2.17. The summed E-state index contributed by atoms with van der Waals surface area (Å²) in [6.07, 6.45) is 2.19. The third-order valence-corrected chi connectivity index (χ3v) is 2.96. The molecule has 2 rings (SSSR count). The zero-order valence-electron chi connectivity index (χ0n) is 12.1. The lowest BCUT2D eigenvalue weighted by molar-refractivity contribution is -0.115. The number of carbonyl (C=O) groups excluding carboxylic acids is 3. The highest BCUT2D eigenvalue weighted by atomic mass is 16.5. The van der Waals surface area contributed by atoms with Crippen LogP contribution in [-0.2, 0) is 14.3 Å². The molecule has 1 aromatic carbocycles. The molecule has 0 heterocycles. The van der Waals surface area contributed by atoms with Crippen LogP contribution in [-0.4, -0.2) is 24.4 Å². The van der Waals surface area contributed by atoms with Crippen LogP contribution in [0.4, 0.5) is 11.4 Å². The molecular weight excluding hydrogens is 272 g/mol. The normalized spacial score (nSPS) is 13.4. The van der Waals surface area contributed by atoms with Gasteiger partial charge in [0.1, 0.15) is 0 Å². The Hall–Kier alpha value is -2.37. The molecule has 0 aliphatic heterocycles. The second-order valence-electron chi connectivity index (χ2n) is 5.20. The van der Waals surface area contributed by atoms with E-state index >= 15 is 0 Å². The van der Waals surface area contributed by atoms with Crippen molar-refractivity contribution >= 4 is 29.2 Å². The quantitative estimate of drug-likeness (QED) is 0.814. The van der Waals surface area contributed by atoms with E-state index in [9.17, 15) is 14.4 Å². The van der Waals surface area contributed by atoms with Crippen molar-refractivity contribution in [2.75, 3.05) is 17.2 Å². The molecule has 2 N–H and O–H groups in total. The summed E-state index contributed by atoms with van der Waals surface area (Å²) in [5.41, 5.74) is 1.17. The zero-order valence-corrected chi connectivity index (χ0v) is 12.1. The van der Waals surface area contributed by atoms with Gasteiger partial charge in [-0.25, -0.2) is 4.79 Å². The second kappa shape index (κ2) is 6.39. The fourth-order valence-corrected chi connectivity index (χ4v) is 1.86. The summed E-state index contributed by atoms with van der Waals surface area (Å²) >= 11 is 0. The smallest absolute Gasteiger partial charge is 0.338 e. The molecule has 0 spiro atoms. The van der Waals surface area contributed by atoms with Gasteiger partial charge in [-0.05, 0) is 37.0 Å². The Morgan fingerprint density at radius 3 is 2.00 bits per heavy atom. The van der Waals surface area contributed by atoms with Crippen molar-refractivity contribution in [3.63, 3.8) is 0 Å². The summed E-state index contributed by atoms with van der Waals surface area (Å²) < 4.78 is 5.21. The molecule has 1 aliphatic carbocycles. The Morgan fingerprint density at radius 2 is 1.57 bits per heavy atom. The predicted octanol–water partition coefficient (Wildman–Crippen LogP) is 2.17. The van der Waals surface area contributed by atoms with Crippen LogP contribution >= 0.6 is 0 Å². The van der Waals surface area contributed by atoms with E-state index in [2.05, 4.69) is 10.6 Å². The van der Waals surface area contributed by atoms with Crippen LogP contribution in [0.3, 0.4) is 0 Å². The maximum Gasteiger partial charge on any atom is 0.338 e. The Labute approximate surface area is 122 Å². The highest BCUT2D eigenvalue weighted by Crippen LogP contribution is 2.29. The molecular formula is C15H18N2O4. The van der Waals surface area contributed by atoms with Crippen molar-refractivity contribution in [3.05, 3.63) is 23.8 Å². The maximum absolute atomic E-state index is 12.0. The number of hydrogen-bond donors (Lipinski definition) is 2. The standard InChI is InChI=1S/C15H18N2O4/c1-9(18)16-13-5-12(6-14(7-13)17-10(2)19)15(20)21-8-11-3-4-11/h5-7,11H,3-4,8H2,1-2H3,(H,16,18)(H,17,19). The SMILES string of the molecule is CC(=O)Nc1cc(NC(C)=O)cc(C(=O)OCC2CC2)c1. The molecule has 1 aliphatic rings. The largest absolute Gasteiger partial charge is 0.462 e. The predicted molar refractivity (Wildman–Crippen MR) is 78.1 cm³/mol. The van der Waals surface area contributed by atoms with Crippen LogP contribution in [0.25, 0.3) is 0 Å². The van der Waals surface area contributed by atoms with Crippen molar-refractivity contribution in [1.82, 2.24) is 0 Å². The minimum atomic E-state index is -0.458. The summed E-state index contributed by atoms with van der Waals surface area (Å²) in [5.74, 6) is -0.498. The molecule has 1 fully saturated rings. The molecule has 21 heavy (non-hydrogen) atoms. The molecule has 0 saturated heterocycles. The molecule has 0 aromatic heterocycles. The summed E-state index contributed by atoms with van der Waals surface area (Å²) in [6, 6.07) is 4.64. The van der Waals surface area contributed by atoms with Gasteiger partial charge in [0, 0.05) is 25.2 Å². The molecule has 6 nitrogen and oxygen atoms in total. The van der Waals surface area contributed by atoms with Gasteiger partial charge in [0.25, 0.3) is 0 Å². The monoisotopic (exact) mass is 290 g/mol. The van der Waals surface area contributed by atoms with E-state index in [-0.39, 0.29) is 11.8 Å². The van der Waals surface area contributed by atoms with Gasteiger partial charge in [-0.3, -0.25) is 9.59 Å². The van der Waals surface area contributed by atoms with E-state index in [0.717, 1.165) is 12.8 Å². The number of nitrogens with one attached hydrogen (secondary N) is 2. The highest BCUT2D eigenvalue weighted by Gasteiger charge is 2.23. The van der Waals surface area contributed by atoms with Gasteiger partial charge in [0.2, 0.25) is 11.8 Å². The Kier molecular flexibility index (Phi) is 4.57. The minimum absolute atomic E-state index is 0.257. The first kappa shape index (κ1) is 15.0. The first-order chi connectivity index (χ1) is 9.94. The molecule has 0 atom stereocenters. The van der Waals surface area contributed by atoms with E-state index in [0.29, 0.717) is 29.5 Å². The molecule has 0 unspecified atom stereocenters. The van der Waals surface area contributed by atoms with Crippen LogP contribution in [0, 0.1) is 5.92 Å². The maximum atomic E-state index is 12.0. The summed E-state index contributed by atoms with van der Waals surface area (Å²) in [5, 5.41) is 5.19. The van der Waals surface area contributed by atoms with Gasteiger partial charge in [-0.2, -0.15) is 0 Å². The number of rotatable bonds is 5. The average Bonchev–Trinajstić information content (AvgIpc) is 3.17. The van der Waals surface area contributed by atoms with Crippen molar-refractivity contribution in [2.45, 2.75) is 26.7 Å². The first-order valence-electron chi connectivity index (χ1n) is 6.81. The molecule has 0 bridgehead atoms. The van der Waals surface area contributed by atoms with E-state index < -0.39 is 5.97 Å². The summed E-state index contributed by atoms with van der Waals surface area (Å²) in [6.45, 7) is 3.16. The fraction of sp³-hybridized carbons (Fsp3) is 0.400. The van der Waals surface area contributed by atoms with E-state index in [4.69, 9.17) is 4.74 Å². The number of hydrogen-bond acceptors (Lipinski definition) is 4. The first-order valence-corrected chi connectivity index (χ1v) is 6.81. The lowest BCUT2D eigenvalue weighted by atomic mass is 10.1. The lowest BCUT2D eigenvalue weighted by Gasteiger charge is -2.10. The lowest BCUT2D eigenvalue weighted by Crippen LogP contribution is -2.12. The summed E-state index contributed by atoms with van der Waals surface area (Å²) in [4.78, 5) is 34.3. The number of anilines is 2. The number of benzene rings is 1. The Morgan fingerprint density at radius 1 is 1.05 bits per heavy atom. The van der Waals surface area contributed by atoms with Gasteiger partial charge in [-0.15, -0.1) is 0 Å². The fourth-order valence-electron chi connectivity index (χ4n) is 1.86. The van der Waals surface area contributed by atoms with Crippen LogP contribution in [0.15, 0.2) is 18.2 Å². The van der Waals surface area contributed by atoms with Crippen molar-refractivity contribution in [1.29, 1.82) is 0 Å². The van der Waals surface area contributed by atoms with Crippen LogP contribution in [0.1, 0.15) is 37.0 Å². The number of ether oxygens (including phenoxy) is 1. The molecule has 2 amide bonds. The van der Waals surface area contributed by atoms with E-state index in [1.165, 1.54) is 26.0 Å².